The lowest BCUT2D eigenvalue weighted by Gasteiger charge is -2.11. The van der Waals surface area contributed by atoms with Crippen LogP contribution in [0.15, 0.2) is 12.1 Å². The van der Waals surface area contributed by atoms with Gasteiger partial charge in [-0.25, -0.2) is 0 Å². The molecule has 0 saturated heterocycles. The van der Waals surface area contributed by atoms with E-state index in [9.17, 15) is 4.79 Å². The second-order valence-corrected chi connectivity index (χ2v) is 3.10. The van der Waals surface area contributed by atoms with E-state index in [2.05, 4.69) is 0 Å². The van der Waals surface area contributed by atoms with E-state index in [1.54, 1.807) is 19.1 Å². The Morgan fingerprint density at radius 1 is 1.27 bits per heavy atom. The number of aryl methyl sites for hydroxylation is 1. The molecule has 82 valence electrons. The Morgan fingerprint density at radius 3 is 2.27 bits per heavy atom. The van der Waals surface area contributed by atoms with Crippen LogP contribution in [0.3, 0.4) is 0 Å². The third-order valence-electron chi connectivity index (χ3n) is 2.17. The number of carbonyl (C=O) groups excluding carboxylic acids is 1. The number of carbonyl (C=O) groups is 1. The first-order valence-electron chi connectivity index (χ1n) is 4.50. The predicted molar refractivity (Wildman–Crippen MR) is 55.7 cm³/mol. The van der Waals surface area contributed by atoms with Gasteiger partial charge in [0, 0.05) is 5.56 Å². The standard InChI is InChI=1S/C11H14O4/c1-7-4-10(14-2)11(15-3)5-8(7)9(13)6-12/h4-5,12H,6H2,1-3H3. The van der Waals surface area contributed by atoms with E-state index in [0.717, 1.165) is 5.56 Å². The van der Waals surface area contributed by atoms with Crippen molar-refractivity contribution < 1.29 is 19.4 Å². The molecule has 0 unspecified atom stereocenters. The molecule has 0 aromatic heterocycles. The van der Waals surface area contributed by atoms with E-state index in [-0.39, 0.29) is 5.78 Å². The lowest BCUT2D eigenvalue weighted by atomic mass is 10.0. The fraction of sp³-hybridized carbons (Fsp3) is 0.364. The normalized spacial score (nSPS) is 9.87. The van der Waals surface area contributed by atoms with Gasteiger partial charge < -0.3 is 14.6 Å². The summed E-state index contributed by atoms with van der Waals surface area (Å²) in [5, 5.41) is 8.78. The van der Waals surface area contributed by atoms with E-state index < -0.39 is 6.61 Å². The van der Waals surface area contributed by atoms with E-state index >= 15 is 0 Å². The number of aliphatic hydroxyl groups is 1. The monoisotopic (exact) mass is 210 g/mol. The first kappa shape index (κ1) is 11.5. The molecule has 1 rings (SSSR count). The van der Waals surface area contributed by atoms with Crippen LogP contribution in [0.1, 0.15) is 15.9 Å². The summed E-state index contributed by atoms with van der Waals surface area (Å²) in [7, 11) is 3.03. The molecule has 0 amide bonds. The van der Waals surface area contributed by atoms with E-state index in [1.165, 1.54) is 14.2 Å². The van der Waals surface area contributed by atoms with Crippen molar-refractivity contribution in [3.05, 3.63) is 23.3 Å². The molecule has 0 aliphatic heterocycles. The Bertz CT molecular complexity index is 371. The van der Waals surface area contributed by atoms with Crippen molar-refractivity contribution in [2.24, 2.45) is 0 Å². The fourth-order valence-electron chi connectivity index (χ4n) is 1.37. The van der Waals surface area contributed by atoms with Crippen LogP contribution in [0.25, 0.3) is 0 Å². The van der Waals surface area contributed by atoms with E-state index in [4.69, 9.17) is 14.6 Å². The van der Waals surface area contributed by atoms with Gasteiger partial charge in [0.15, 0.2) is 17.3 Å². The van der Waals surface area contributed by atoms with E-state index in [1.807, 2.05) is 0 Å². The average Bonchev–Trinajstić information content (AvgIpc) is 2.27. The number of aliphatic hydroxyl groups excluding tert-OH is 1. The zero-order valence-electron chi connectivity index (χ0n) is 9.03. The SMILES string of the molecule is COc1cc(C)c(C(=O)CO)cc1OC. The lowest BCUT2D eigenvalue weighted by Crippen LogP contribution is -2.07. The number of ether oxygens (including phenoxy) is 2. The molecule has 0 radical (unpaired) electrons. The number of rotatable bonds is 4. The Balaban J connectivity index is 3.25. The highest BCUT2D eigenvalue weighted by Crippen LogP contribution is 2.30. The maximum absolute atomic E-state index is 11.4. The van der Waals surface area contributed by atoms with Gasteiger partial charge >= 0.3 is 0 Å². The van der Waals surface area contributed by atoms with E-state index in [0.29, 0.717) is 17.1 Å². The highest BCUT2D eigenvalue weighted by atomic mass is 16.5. The molecular weight excluding hydrogens is 196 g/mol. The number of Topliss-reactive ketones (excluding diaryl/α,β-unsaturated/α-hetero) is 1. The molecule has 0 spiro atoms. The summed E-state index contributed by atoms with van der Waals surface area (Å²) in [6.45, 7) is 1.28. The van der Waals surface area contributed by atoms with Crippen molar-refractivity contribution in [3.63, 3.8) is 0 Å². The Hall–Kier alpha value is -1.55. The minimum absolute atomic E-state index is 0.326. The molecule has 4 heteroatoms. The maximum atomic E-state index is 11.4. The molecule has 0 bridgehead atoms. The summed E-state index contributed by atoms with van der Waals surface area (Å²) in [6.07, 6.45) is 0. The predicted octanol–water partition coefficient (Wildman–Crippen LogP) is 1.19. The Kier molecular flexibility index (Phi) is 3.68. The molecule has 0 aliphatic rings. The topological polar surface area (TPSA) is 55.8 Å². The first-order chi connectivity index (χ1) is 7.13. The van der Waals surface area contributed by atoms with Gasteiger partial charge in [0.05, 0.1) is 14.2 Å². The smallest absolute Gasteiger partial charge is 0.188 e. The van der Waals surface area contributed by atoms with Gasteiger partial charge in [-0.05, 0) is 24.6 Å². The molecule has 0 atom stereocenters. The van der Waals surface area contributed by atoms with Crippen molar-refractivity contribution in [3.8, 4) is 11.5 Å². The quantitative estimate of drug-likeness (QED) is 0.758. The van der Waals surface area contributed by atoms with Crippen LogP contribution >= 0.6 is 0 Å². The minimum atomic E-state index is -0.504. The number of benzene rings is 1. The van der Waals surface area contributed by atoms with Crippen molar-refractivity contribution in [2.45, 2.75) is 6.92 Å². The van der Waals surface area contributed by atoms with Gasteiger partial charge in [0.1, 0.15) is 6.61 Å². The van der Waals surface area contributed by atoms with Crippen LogP contribution in [-0.2, 0) is 0 Å². The third-order valence-corrected chi connectivity index (χ3v) is 2.17. The molecule has 4 nitrogen and oxygen atoms in total. The summed E-state index contributed by atoms with van der Waals surface area (Å²) in [6, 6.07) is 3.29. The van der Waals surface area contributed by atoms with Crippen molar-refractivity contribution >= 4 is 5.78 Å². The summed E-state index contributed by atoms with van der Waals surface area (Å²) < 4.78 is 10.2. The van der Waals surface area contributed by atoms with Crippen LogP contribution in [0.4, 0.5) is 0 Å². The van der Waals surface area contributed by atoms with Gasteiger partial charge in [-0.3, -0.25) is 4.79 Å². The number of hydrogen-bond acceptors (Lipinski definition) is 4. The molecule has 1 aromatic carbocycles. The van der Waals surface area contributed by atoms with Crippen LogP contribution in [0.2, 0.25) is 0 Å². The molecule has 0 heterocycles. The number of methoxy groups -OCH3 is 2. The van der Waals surface area contributed by atoms with Crippen LogP contribution in [0, 0.1) is 6.92 Å². The maximum Gasteiger partial charge on any atom is 0.188 e. The molecule has 0 aliphatic carbocycles. The van der Waals surface area contributed by atoms with Crippen LogP contribution in [0.5, 0.6) is 11.5 Å². The van der Waals surface area contributed by atoms with Crippen LogP contribution in [-0.4, -0.2) is 31.7 Å². The minimum Gasteiger partial charge on any atom is -0.493 e. The fourth-order valence-corrected chi connectivity index (χ4v) is 1.37. The van der Waals surface area contributed by atoms with Gasteiger partial charge in [-0.15, -0.1) is 0 Å². The third kappa shape index (κ3) is 2.27. The average molecular weight is 210 g/mol. The second-order valence-electron chi connectivity index (χ2n) is 3.10. The lowest BCUT2D eigenvalue weighted by molar-refractivity contribution is 0.0902. The van der Waals surface area contributed by atoms with Gasteiger partial charge in [0.2, 0.25) is 0 Å². The number of ketones is 1. The zero-order chi connectivity index (χ0) is 11.4. The largest absolute Gasteiger partial charge is 0.493 e. The van der Waals surface area contributed by atoms with Crippen molar-refractivity contribution in [1.82, 2.24) is 0 Å². The summed E-state index contributed by atoms with van der Waals surface area (Å²) >= 11 is 0. The van der Waals surface area contributed by atoms with Crippen molar-refractivity contribution in [2.75, 3.05) is 20.8 Å². The molecule has 0 fully saturated rings. The first-order valence-corrected chi connectivity index (χ1v) is 4.50. The van der Waals surface area contributed by atoms with Gasteiger partial charge in [0.25, 0.3) is 0 Å². The van der Waals surface area contributed by atoms with Gasteiger partial charge in [-0.2, -0.15) is 0 Å². The van der Waals surface area contributed by atoms with Gasteiger partial charge in [-0.1, -0.05) is 0 Å². The Morgan fingerprint density at radius 2 is 1.80 bits per heavy atom. The molecule has 1 aromatic rings. The molecule has 1 N–H and O–H groups in total. The van der Waals surface area contributed by atoms with Crippen LogP contribution < -0.4 is 9.47 Å². The summed E-state index contributed by atoms with van der Waals surface area (Å²) in [5.74, 6) is 0.734. The van der Waals surface area contributed by atoms with Crippen molar-refractivity contribution in [1.29, 1.82) is 0 Å². The zero-order valence-corrected chi connectivity index (χ0v) is 9.03. The summed E-state index contributed by atoms with van der Waals surface area (Å²) in [4.78, 5) is 11.4. The molecular formula is C11H14O4. The molecule has 15 heavy (non-hydrogen) atoms. The number of hydrogen-bond donors (Lipinski definition) is 1. The Labute approximate surface area is 88.4 Å². The highest BCUT2D eigenvalue weighted by Gasteiger charge is 2.13. The summed E-state index contributed by atoms with van der Waals surface area (Å²) in [5.41, 5.74) is 1.21. The molecule has 0 saturated carbocycles. The highest BCUT2D eigenvalue weighted by molar-refractivity contribution is 5.98. The second kappa shape index (κ2) is 4.79.